The highest BCUT2D eigenvalue weighted by atomic mass is 32.2. The average molecular weight is 320 g/mol. The Kier molecular flexibility index (Phi) is 6.70. The van der Waals surface area contributed by atoms with Crippen LogP contribution in [0.25, 0.3) is 0 Å². The Labute approximate surface area is 125 Å². The molecule has 116 valence electrons. The summed E-state index contributed by atoms with van der Waals surface area (Å²) >= 11 is 1.11. The first kappa shape index (κ1) is 17.2. The molecule has 0 radical (unpaired) electrons. The van der Waals surface area contributed by atoms with Crippen LogP contribution in [0.3, 0.4) is 0 Å². The van der Waals surface area contributed by atoms with Crippen LogP contribution in [0, 0.1) is 0 Å². The summed E-state index contributed by atoms with van der Waals surface area (Å²) in [5.41, 5.74) is 5.71. The van der Waals surface area contributed by atoms with Gasteiger partial charge in [0.15, 0.2) is 15.7 Å². The number of hydrogen-bond acceptors (Lipinski definition) is 7. The van der Waals surface area contributed by atoms with Crippen LogP contribution in [0.5, 0.6) is 0 Å². The molecule has 0 saturated heterocycles. The Bertz CT molecular complexity index is 510. The van der Waals surface area contributed by atoms with Gasteiger partial charge in [-0.2, -0.15) is 4.37 Å². The minimum absolute atomic E-state index is 0.0976. The second-order valence-corrected chi connectivity index (χ2v) is 7.32. The van der Waals surface area contributed by atoms with Gasteiger partial charge in [0.1, 0.15) is 9.90 Å². The van der Waals surface area contributed by atoms with E-state index in [4.69, 9.17) is 5.73 Å². The van der Waals surface area contributed by atoms with Crippen LogP contribution in [0.1, 0.15) is 27.2 Å². The molecule has 0 saturated carbocycles. The number of anilines is 2. The fraction of sp³-hybridized carbons (Fsp3) is 0.750. The van der Waals surface area contributed by atoms with Crippen molar-refractivity contribution in [2.24, 2.45) is 0 Å². The fourth-order valence-electron chi connectivity index (χ4n) is 1.95. The van der Waals surface area contributed by atoms with Crippen LogP contribution in [0.2, 0.25) is 0 Å². The van der Waals surface area contributed by atoms with Gasteiger partial charge in [-0.05, 0) is 31.0 Å². The number of likely N-dealkylation sites (N-methyl/N-ethyl adjacent to an activating group) is 1. The summed E-state index contributed by atoms with van der Waals surface area (Å²) in [6.45, 7) is 9.53. The number of rotatable bonds is 9. The standard InChI is InChI=1S/C12H24N4O2S2/c1-4-9-20(17,18)10-11(13)15-19-12(10)14-7-8-16(5-2)6-3/h14H,4-9H2,1-3H3,(H2,13,15). The molecule has 0 aliphatic heterocycles. The Morgan fingerprint density at radius 2 is 1.95 bits per heavy atom. The molecule has 0 fully saturated rings. The van der Waals surface area contributed by atoms with Gasteiger partial charge in [-0.15, -0.1) is 0 Å². The second-order valence-electron chi connectivity index (χ2n) is 4.50. The first-order valence-corrected chi connectivity index (χ1v) is 9.32. The molecule has 0 amide bonds. The molecule has 1 aromatic rings. The lowest BCUT2D eigenvalue weighted by Gasteiger charge is -2.18. The van der Waals surface area contributed by atoms with Crippen molar-refractivity contribution in [3.63, 3.8) is 0 Å². The van der Waals surface area contributed by atoms with Gasteiger partial charge in [0, 0.05) is 13.1 Å². The van der Waals surface area contributed by atoms with Crippen molar-refractivity contribution in [1.29, 1.82) is 0 Å². The molecule has 8 heteroatoms. The first-order valence-electron chi connectivity index (χ1n) is 6.90. The van der Waals surface area contributed by atoms with Crippen LogP contribution >= 0.6 is 11.5 Å². The van der Waals surface area contributed by atoms with Gasteiger partial charge in [-0.25, -0.2) is 8.42 Å². The van der Waals surface area contributed by atoms with Crippen molar-refractivity contribution < 1.29 is 8.42 Å². The maximum absolute atomic E-state index is 12.2. The summed E-state index contributed by atoms with van der Waals surface area (Å²) < 4.78 is 28.3. The Balaban J connectivity index is 2.78. The average Bonchev–Trinajstić information content (AvgIpc) is 2.76. The molecule has 6 nitrogen and oxygen atoms in total. The molecule has 1 aromatic heterocycles. The van der Waals surface area contributed by atoms with E-state index in [1.54, 1.807) is 0 Å². The highest BCUT2D eigenvalue weighted by Gasteiger charge is 2.24. The molecular weight excluding hydrogens is 296 g/mol. The molecule has 0 aromatic carbocycles. The molecule has 0 unspecified atom stereocenters. The number of hydrogen-bond donors (Lipinski definition) is 2. The molecule has 20 heavy (non-hydrogen) atoms. The highest BCUT2D eigenvalue weighted by molar-refractivity contribution is 7.91. The third-order valence-electron chi connectivity index (χ3n) is 3.07. The van der Waals surface area contributed by atoms with E-state index < -0.39 is 9.84 Å². The molecule has 0 spiro atoms. The molecule has 0 atom stereocenters. The van der Waals surface area contributed by atoms with Gasteiger partial charge in [0.2, 0.25) is 0 Å². The number of nitrogens with two attached hydrogens (primary N) is 1. The molecule has 0 bridgehead atoms. The lowest BCUT2D eigenvalue weighted by atomic mass is 10.4. The van der Waals surface area contributed by atoms with E-state index >= 15 is 0 Å². The van der Waals surface area contributed by atoms with Crippen LogP contribution in [0.15, 0.2) is 4.90 Å². The summed E-state index contributed by atoms with van der Waals surface area (Å²) in [5.74, 6) is 0.203. The molecule has 0 aliphatic carbocycles. The van der Waals surface area contributed by atoms with Crippen LogP contribution < -0.4 is 11.1 Å². The van der Waals surface area contributed by atoms with Crippen molar-refractivity contribution in [3.05, 3.63) is 0 Å². The van der Waals surface area contributed by atoms with Crippen molar-refractivity contribution >= 4 is 32.2 Å². The first-order chi connectivity index (χ1) is 9.46. The highest BCUT2D eigenvalue weighted by Crippen LogP contribution is 2.32. The zero-order valence-corrected chi connectivity index (χ0v) is 14.0. The summed E-state index contributed by atoms with van der Waals surface area (Å²) in [5, 5.41) is 3.71. The number of nitrogens with zero attached hydrogens (tertiary/aromatic N) is 2. The Hall–Kier alpha value is -0.860. The van der Waals surface area contributed by atoms with Gasteiger partial charge >= 0.3 is 0 Å². The molecule has 3 N–H and O–H groups in total. The summed E-state index contributed by atoms with van der Waals surface area (Å²) in [6.07, 6.45) is 0.566. The molecule has 1 heterocycles. The Morgan fingerprint density at radius 1 is 1.30 bits per heavy atom. The van der Waals surface area contributed by atoms with Crippen molar-refractivity contribution in [1.82, 2.24) is 9.27 Å². The van der Waals surface area contributed by atoms with Crippen molar-refractivity contribution in [2.75, 3.05) is 43.0 Å². The van der Waals surface area contributed by atoms with Gasteiger partial charge in [-0.3, -0.25) is 0 Å². The van der Waals surface area contributed by atoms with Crippen LogP contribution in [0.4, 0.5) is 10.8 Å². The molecular formula is C12H24N4O2S2. The lowest BCUT2D eigenvalue weighted by molar-refractivity contribution is 0.316. The van der Waals surface area contributed by atoms with E-state index in [1.807, 2.05) is 6.92 Å². The third-order valence-corrected chi connectivity index (χ3v) is 6.00. The zero-order chi connectivity index (χ0) is 15.2. The maximum Gasteiger partial charge on any atom is 0.185 e. The molecule has 0 aliphatic rings. The fourth-order valence-corrected chi connectivity index (χ4v) is 4.59. The van der Waals surface area contributed by atoms with E-state index in [0.29, 0.717) is 18.0 Å². The van der Waals surface area contributed by atoms with E-state index in [0.717, 1.165) is 31.2 Å². The van der Waals surface area contributed by atoms with E-state index in [1.165, 1.54) is 0 Å². The summed E-state index contributed by atoms with van der Waals surface area (Å²) in [7, 11) is -3.34. The number of nitrogens with one attached hydrogen (secondary N) is 1. The lowest BCUT2D eigenvalue weighted by Crippen LogP contribution is -2.28. The van der Waals surface area contributed by atoms with Gasteiger partial charge in [0.25, 0.3) is 0 Å². The number of sulfone groups is 1. The number of nitrogen functional groups attached to an aromatic ring is 1. The van der Waals surface area contributed by atoms with Gasteiger partial charge in [-0.1, -0.05) is 20.8 Å². The van der Waals surface area contributed by atoms with E-state index in [2.05, 4.69) is 28.4 Å². The second kappa shape index (κ2) is 7.80. The third kappa shape index (κ3) is 4.32. The van der Waals surface area contributed by atoms with E-state index in [-0.39, 0.29) is 16.5 Å². The minimum atomic E-state index is -3.34. The van der Waals surface area contributed by atoms with Crippen molar-refractivity contribution in [2.45, 2.75) is 32.1 Å². The predicted molar refractivity (Wildman–Crippen MR) is 85.1 cm³/mol. The smallest absolute Gasteiger partial charge is 0.185 e. The van der Waals surface area contributed by atoms with E-state index in [9.17, 15) is 8.42 Å². The predicted octanol–water partition coefficient (Wildman–Crippen LogP) is 1.66. The topological polar surface area (TPSA) is 88.3 Å². The summed E-state index contributed by atoms with van der Waals surface area (Å²) in [6, 6.07) is 0. The Morgan fingerprint density at radius 3 is 2.50 bits per heavy atom. The van der Waals surface area contributed by atoms with Crippen LogP contribution in [-0.2, 0) is 9.84 Å². The molecule has 1 rings (SSSR count). The summed E-state index contributed by atoms with van der Waals surface area (Å²) in [4.78, 5) is 2.43. The number of aromatic nitrogens is 1. The van der Waals surface area contributed by atoms with Gasteiger partial charge in [0.05, 0.1) is 5.75 Å². The van der Waals surface area contributed by atoms with Crippen LogP contribution in [-0.4, -0.2) is 49.6 Å². The normalized spacial score (nSPS) is 12.0. The van der Waals surface area contributed by atoms with Gasteiger partial charge < -0.3 is 16.0 Å². The SMILES string of the molecule is CCCS(=O)(=O)c1c(N)nsc1NCCN(CC)CC. The monoisotopic (exact) mass is 320 g/mol. The maximum atomic E-state index is 12.2. The quantitative estimate of drug-likeness (QED) is 0.719. The largest absolute Gasteiger partial charge is 0.382 e. The van der Waals surface area contributed by atoms with Crippen molar-refractivity contribution in [3.8, 4) is 0 Å². The zero-order valence-electron chi connectivity index (χ0n) is 12.3. The minimum Gasteiger partial charge on any atom is -0.382 e.